The van der Waals surface area contributed by atoms with Gasteiger partial charge in [-0.2, -0.15) is 0 Å². The highest BCUT2D eigenvalue weighted by Crippen LogP contribution is 2.43. The Bertz CT molecular complexity index is 1030. The lowest BCUT2D eigenvalue weighted by molar-refractivity contribution is -0.124. The van der Waals surface area contributed by atoms with Crippen LogP contribution in [0.1, 0.15) is 93.6 Å². The van der Waals surface area contributed by atoms with E-state index in [2.05, 4.69) is 18.8 Å². The van der Waals surface area contributed by atoms with E-state index in [1.54, 1.807) is 11.0 Å². The van der Waals surface area contributed by atoms with Crippen molar-refractivity contribution in [1.82, 2.24) is 0 Å². The molecule has 1 aromatic rings. The number of carbonyl (C=O) groups is 2. The molecule has 2 aliphatic carbocycles. The van der Waals surface area contributed by atoms with Crippen LogP contribution in [0.5, 0.6) is 0 Å². The lowest BCUT2D eigenvalue weighted by Gasteiger charge is -2.39. The zero-order valence-electron chi connectivity index (χ0n) is 20.8. The number of carboxylic acid groups (broad SMARTS) is 1. The number of aromatic carboxylic acids is 1. The molecule has 3 rings (SSSR count). The number of nitrogens with zero attached hydrogens (tertiary/aromatic N) is 1. The standard InChI is InChI=1S/C25H36NO7PS/c1-16-5-7-17(8-6-16)23(27)26(18-9-11-19(12-10-18)33-34(30,31)32)21-15-20(13-14-25(2,3)4)35-22(21)24(28)29/h15-19H,5-12H2,1-4H3,(H,28,29)(H2,30,31,32)/t16-,17-,18-,19-. The molecule has 1 heterocycles. The van der Waals surface area contributed by atoms with Crippen molar-refractivity contribution in [2.24, 2.45) is 17.3 Å². The number of carbonyl (C=O) groups excluding carboxylic acids is 1. The number of phosphoric acid groups is 1. The molecule has 0 saturated heterocycles. The zero-order chi connectivity index (χ0) is 26.0. The van der Waals surface area contributed by atoms with Gasteiger partial charge < -0.3 is 19.8 Å². The molecule has 10 heteroatoms. The third kappa shape index (κ3) is 7.90. The van der Waals surface area contributed by atoms with E-state index >= 15 is 0 Å². The minimum Gasteiger partial charge on any atom is -0.477 e. The first-order valence-corrected chi connectivity index (χ1v) is 14.6. The average molecular weight is 526 g/mol. The third-order valence-electron chi connectivity index (χ3n) is 6.62. The molecule has 0 aliphatic heterocycles. The van der Waals surface area contributed by atoms with Gasteiger partial charge in [0.05, 0.1) is 16.7 Å². The molecule has 8 nitrogen and oxygen atoms in total. The Balaban J connectivity index is 1.95. The van der Waals surface area contributed by atoms with Crippen LogP contribution in [0.15, 0.2) is 6.07 Å². The summed E-state index contributed by atoms with van der Waals surface area (Å²) >= 11 is 1.08. The highest BCUT2D eigenvalue weighted by molar-refractivity contribution is 7.46. The van der Waals surface area contributed by atoms with Crippen molar-refractivity contribution in [3.8, 4) is 11.8 Å². The zero-order valence-corrected chi connectivity index (χ0v) is 22.5. The number of phosphoric ester groups is 1. The van der Waals surface area contributed by atoms with Crippen LogP contribution in [-0.2, 0) is 13.9 Å². The van der Waals surface area contributed by atoms with Crippen molar-refractivity contribution < 1.29 is 33.6 Å². The summed E-state index contributed by atoms with van der Waals surface area (Å²) in [6.45, 7) is 8.11. The molecule has 0 atom stereocenters. The molecule has 0 aromatic carbocycles. The van der Waals surface area contributed by atoms with Gasteiger partial charge in [-0.1, -0.05) is 18.8 Å². The fraction of sp³-hybridized carbons (Fsp3) is 0.680. The molecule has 0 bridgehead atoms. The summed E-state index contributed by atoms with van der Waals surface area (Å²) in [5.41, 5.74) is 0.127. The lowest BCUT2D eigenvalue weighted by atomic mass is 9.81. The normalized spacial score (nSPS) is 25.4. The van der Waals surface area contributed by atoms with Gasteiger partial charge in [-0.15, -0.1) is 11.3 Å². The first kappa shape index (κ1) is 27.9. The van der Waals surface area contributed by atoms with Gasteiger partial charge in [0.2, 0.25) is 5.91 Å². The molecule has 0 radical (unpaired) electrons. The van der Waals surface area contributed by atoms with Gasteiger partial charge in [0.1, 0.15) is 4.88 Å². The summed E-state index contributed by atoms with van der Waals surface area (Å²) in [6.07, 6.45) is 4.58. The molecular formula is C25H36NO7PS. The van der Waals surface area contributed by atoms with E-state index in [1.807, 2.05) is 20.8 Å². The van der Waals surface area contributed by atoms with E-state index in [9.17, 15) is 19.3 Å². The highest BCUT2D eigenvalue weighted by Gasteiger charge is 2.38. The van der Waals surface area contributed by atoms with Crippen molar-refractivity contribution in [1.29, 1.82) is 0 Å². The van der Waals surface area contributed by atoms with E-state index in [1.165, 1.54) is 0 Å². The summed E-state index contributed by atoms with van der Waals surface area (Å²) in [4.78, 5) is 46.7. The molecule has 2 aliphatic rings. The van der Waals surface area contributed by atoms with Crippen molar-refractivity contribution in [2.45, 2.75) is 91.2 Å². The van der Waals surface area contributed by atoms with Gasteiger partial charge in [0, 0.05) is 17.4 Å². The summed E-state index contributed by atoms with van der Waals surface area (Å²) in [5.74, 6) is 5.46. The Morgan fingerprint density at radius 2 is 1.69 bits per heavy atom. The van der Waals surface area contributed by atoms with Crippen molar-refractivity contribution in [3.63, 3.8) is 0 Å². The number of anilines is 1. The van der Waals surface area contributed by atoms with E-state index < -0.39 is 19.9 Å². The Morgan fingerprint density at radius 1 is 1.09 bits per heavy atom. The summed E-state index contributed by atoms with van der Waals surface area (Å²) in [6, 6.07) is 1.45. The molecule has 194 valence electrons. The topological polar surface area (TPSA) is 124 Å². The minimum atomic E-state index is -4.59. The predicted molar refractivity (Wildman–Crippen MR) is 135 cm³/mol. The maximum Gasteiger partial charge on any atom is 0.469 e. The summed E-state index contributed by atoms with van der Waals surface area (Å²) < 4.78 is 16.1. The second-order valence-electron chi connectivity index (χ2n) is 10.8. The van der Waals surface area contributed by atoms with Gasteiger partial charge >= 0.3 is 13.8 Å². The smallest absolute Gasteiger partial charge is 0.469 e. The van der Waals surface area contributed by atoms with Crippen molar-refractivity contribution in [2.75, 3.05) is 4.90 Å². The molecule has 2 fully saturated rings. The fourth-order valence-electron chi connectivity index (χ4n) is 4.83. The van der Waals surface area contributed by atoms with Crippen LogP contribution in [-0.4, -0.2) is 38.9 Å². The van der Waals surface area contributed by atoms with Crippen LogP contribution >= 0.6 is 19.2 Å². The maximum absolute atomic E-state index is 13.9. The fourth-order valence-corrected chi connectivity index (χ4v) is 6.27. The van der Waals surface area contributed by atoms with Gasteiger partial charge in [0.25, 0.3) is 0 Å². The third-order valence-corrected chi connectivity index (χ3v) is 8.23. The quantitative estimate of drug-likeness (QED) is 0.334. The van der Waals surface area contributed by atoms with Crippen LogP contribution in [0.4, 0.5) is 5.69 Å². The minimum absolute atomic E-state index is 0.0631. The van der Waals surface area contributed by atoms with Gasteiger partial charge in [0.15, 0.2) is 0 Å². The van der Waals surface area contributed by atoms with E-state index in [4.69, 9.17) is 14.3 Å². The van der Waals surface area contributed by atoms with Gasteiger partial charge in [-0.3, -0.25) is 9.32 Å². The second-order valence-corrected chi connectivity index (χ2v) is 13.1. The maximum atomic E-state index is 13.9. The monoisotopic (exact) mass is 525 g/mol. The SMILES string of the molecule is CC(C)(C)C#Cc1cc(N(C(=O)[C@H]2CC[C@H](C)CC2)[C@H]2CC[C@H](OP(=O)(O)O)CC2)c(C(=O)O)s1. The van der Waals surface area contributed by atoms with Crippen LogP contribution in [0, 0.1) is 29.1 Å². The molecule has 0 spiro atoms. The number of rotatable bonds is 6. The molecule has 35 heavy (non-hydrogen) atoms. The molecular weight excluding hydrogens is 489 g/mol. The summed E-state index contributed by atoms with van der Waals surface area (Å²) in [5, 5.41) is 9.97. The predicted octanol–water partition coefficient (Wildman–Crippen LogP) is 5.42. The van der Waals surface area contributed by atoms with Crippen LogP contribution in [0.2, 0.25) is 0 Å². The molecule has 2 saturated carbocycles. The Hall–Kier alpha value is -1.69. The Morgan fingerprint density at radius 3 is 2.20 bits per heavy atom. The largest absolute Gasteiger partial charge is 0.477 e. The average Bonchev–Trinajstić information content (AvgIpc) is 3.17. The van der Waals surface area contributed by atoms with E-state index in [-0.39, 0.29) is 28.2 Å². The molecule has 3 N–H and O–H groups in total. The molecule has 0 unspecified atom stereocenters. The summed E-state index contributed by atoms with van der Waals surface area (Å²) in [7, 11) is -4.59. The number of hydrogen-bond donors (Lipinski definition) is 3. The lowest BCUT2D eigenvalue weighted by Crippen LogP contribution is -2.47. The number of thiophene rings is 1. The van der Waals surface area contributed by atoms with Gasteiger partial charge in [-0.05, 0) is 84.1 Å². The van der Waals surface area contributed by atoms with Crippen LogP contribution < -0.4 is 4.90 Å². The number of carboxylic acids is 1. The van der Waals surface area contributed by atoms with Crippen LogP contribution in [0.25, 0.3) is 0 Å². The molecule has 1 aromatic heterocycles. The second kappa shape index (κ2) is 11.1. The molecule has 1 amide bonds. The van der Waals surface area contributed by atoms with Crippen molar-refractivity contribution >= 4 is 36.7 Å². The van der Waals surface area contributed by atoms with Crippen LogP contribution in [0.3, 0.4) is 0 Å². The van der Waals surface area contributed by atoms with Crippen molar-refractivity contribution in [3.05, 3.63) is 15.8 Å². The van der Waals surface area contributed by atoms with Gasteiger partial charge in [-0.25, -0.2) is 9.36 Å². The Kier molecular flexibility index (Phi) is 8.88. The number of amides is 1. The first-order chi connectivity index (χ1) is 16.2. The Labute approximate surface area is 211 Å². The number of hydrogen-bond acceptors (Lipinski definition) is 5. The first-order valence-electron chi connectivity index (χ1n) is 12.2. The highest BCUT2D eigenvalue weighted by atomic mass is 32.1. The van der Waals surface area contributed by atoms with E-state index in [0.717, 1.165) is 37.0 Å². The van der Waals surface area contributed by atoms with E-state index in [0.29, 0.717) is 42.2 Å².